The van der Waals surface area contributed by atoms with Crippen LogP contribution in [0, 0.1) is 0 Å². The van der Waals surface area contributed by atoms with Crippen molar-refractivity contribution in [1.82, 2.24) is 10.3 Å². The van der Waals surface area contributed by atoms with Gasteiger partial charge in [0.15, 0.2) is 0 Å². The molecule has 1 atom stereocenters. The Hall–Kier alpha value is -1.37. The average Bonchev–Trinajstić information content (AvgIpc) is 2.54. The molecule has 2 rings (SSSR count). The smallest absolute Gasteiger partial charge is 0.237 e. The van der Waals surface area contributed by atoms with Crippen LogP contribution >= 0.6 is 12.4 Å². The molecule has 1 aliphatic rings. The molecule has 3 N–H and O–H groups in total. The Morgan fingerprint density at radius 2 is 2.23 bits per heavy atom. The molecule has 1 aliphatic heterocycles. The maximum Gasteiger partial charge on any atom is 0.237 e. The van der Waals surface area contributed by atoms with Gasteiger partial charge in [-0.05, 0) is 24.1 Å². The third-order valence-corrected chi connectivity index (χ3v) is 3.55. The number of nitrogens with two attached hydrogens (primary N) is 1. The lowest BCUT2D eigenvalue weighted by Gasteiger charge is -2.28. The molecule has 6 nitrogen and oxygen atoms in total. The van der Waals surface area contributed by atoms with E-state index in [0.717, 1.165) is 44.1 Å². The van der Waals surface area contributed by atoms with Crippen molar-refractivity contribution in [3.05, 3.63) is 23.9 Å². The molecule has 1 aromatic rings. The van der Waals surface area contributed by atoms with Crippen molar-refractivity contribution in [2.45, 2.75) is 32.4 Å². The number of hydrogen-bond acceptors (Lipinski definition) is 5. The van der Waals surface area contributed by atoms with Crippen LogP contribution in [0.25, 0.3) is 0 Å². The van der Waals surface area contributed by atoms with Crippen molar-refractivity contribution in [2.75, 3.05) is 31.2 Å². The van der Waals surface area contributed by atoms with E-state index in [4.69, 9.17) is 10.5 Å². The van der Waals surface area contributed by atoms with Crippen molar-refractivity contribution in [3.63, 3.8) is 0 Å². The number of hydrogen-bond donors (Lipinski definition) is 2. The van der Waals surface area contributed by atoms with Crippen LogP contribution in [0.2, 0.25) is 0 Å². The van der Waals surface area contributed by atoms with Crippen LogP contribution in [0.3, 0.4) is 0 Å². The Morgan fingerprint density at radius 1 is 1.50 bits per heavy atom. The monoisotopic (exact) mass is 328 g/mol. The van der Waals surface area contributed by atoms with Gasteiger partial charge in [-0.25, -0.2) is 4.98 Å². The number of carbonyl (C=O) groups excluding carboxylic acids is 1. The van der Waals surface area contributed by atoms with Crippen molar-refractivity contribution in [3.8, 4) is 0 Å². The van der Waals surface area contributed by atoms with Crippen LogP contribution in [-0.4, -0.2) is 43.2 Å². The average molecular weight is 329 g/mol. The van der Waals surface area contributed by atoms with E-state index < -0.39 is 6.04 Å². The Balaban J connectivity index is 0.00000242. The number of ether oxygens (including phenoxy) is 1. The van der Waals surface area contributed by atoms with Gasteiger partial charge in [-0.1, -0.05) is 13.3 Å². The minimum Gasteiger partial charge on any atom is -0.378 e. The summed E-state index contributed by atoms with van der Waals surface area (Å²) >= 11 is 0. The van der Waals surface area contributed by atoms with Gasteiger partial charge in [-0.15, -0.1) is 12.4 Å². The Bertz CT molecular complexity index is 467. The van der Waals surface area contributed by atoms with E-state index in [1.165, 1.54) is 0 Å². The van der Waals surface area contributed by atoms with Gasteiger partial charge < -0.3 is 20.7 Å². The molecule has 2 heterocycles. The second-order valence-corrected chi connectivity index (χ2v) is 5.23. The predicted octanol–water partition coefficient (Wildman–Crippen LogP) is 1.08. The molecule has 1 aromatic heterocycles. The lowest BCUT2D eigenvalue weighted by Crippen LogP contribution is -2.40. The largest absolute Gasteiger partial charge is 0.378 e. The summed E-state index contributed by atoms with van der Waals surface area (Å²) in [7, 11) is 0. The van der Waals surface area contributed by atoms with Gasteiger partial charge in [0, 0.05) is 25.8 Å². The molecule has 0 bridgehead atoms. The van der Waals surface area contributed by atoms with Gasteiger partial charge in [0.05, 0.1) is 19.3 Å². The van der Waals surface area contributed by atoms with Crippen molar-refractivity contribution in [2.24, 2.45) is 5.73 Å². The molecule has 1 amide bonds. The van der Waals surface area contributed by atoms with Crippen LogP contribution in [0.5, 0.6) is 0 Å². The number of rotatable bonds is 6. The number of aromatic nitrogens is 1. The molecule has 0 aliphatic carbocycles. The summed E-state index contributed by atoms with van der Waals surface area (Å²) < 4.78 is 5.34. The zero-order valence-electron chi connectivity index (χ0n) is 13.0. The first kappa shape index (κ1) is 18.7. The molecule has 0 aromatic carbocycles. The topological polar surface area (TPSA) is 80.5 Å². The van der Waals surface area contributed by atoms with Crippen molar-refractivity contribution in [1.29, 1.82) is 0 Å². The maximum absolute atomic E-state index is 11.8. The Labute approximate surface area is 137 Å². The lowest BCUT2D eigenvalue weighted by atomic mass is 10.1. The number of nitrogens with zero attached hydrogens (tertiary/aromatic N) is 2. The Morgan fingerprint density at radius 3 is 2.91 bits per heavy atom. The third-order valence-electron chi connectivity index (χ3n) is 3.55. The normalized spacial score (nSPS) is 15.8. The molecule has 1 fully saturated rings. The predicted molar refractivity (Wildman–Crippen MR) is 89.2 cm³/mol. The van der Waals surface area contributed by atoms with Crippen molar-refractivity contribution >= 4 is 24.1 Å². The summed E-state index contributed by atoms with van der Waals surface area (Å²) in [5.41, 5.74) is 6.82. The standard InChI is InChI=1S/C15H24N4O2.ClH/c1-2-3-13(16)15(20)18-11-12-4-5-17-14(10-12)19-6-8-21-9-7-19;/h4-5,10,13H,2-3,6-9,11,16H2,1H3,(H,18,20);1H. The zero-order valence-corrected chi connectivity index (χ0v) is 13.8. The quantitative estimate of drug-likeness (QED) is 0.817. The van der Waals surface area contributed by atoms with Crippen LogP contribution in [0.1, 0.15) is 25.3 Å². The SMILES string of the molecule is CCCC(N)C(=O)NCc1ccnc(N2CCOCC2)c1.Cl. The van der Waals surface area contributed by atoms with E-state index in [9.17, 15) is 4.79 Å². The highest BCUT2D eigenvalue weighted by Gasteiger charge is 2.14. The number of halogens is 1. The minimum absolute atomic E-state index is 0. The fraction of sp³-hybridized carbons (Fsp3) is 0.600. The molecule has 124 valence electrons. The summed E-state index contributed by atoms with van der Waals surface area (Å²) in [5.74, 6) is 0.837. The van der Waals surface area contributed by atoms with Crippen LogP contribution < -0.4 is 16.0 Å². The van der Waals surface area contributed by atoms with E-state index in [2.05, 4.69) is 15.2 Å². The number of nitrogens with one attached hydrogen (secondary N) is 1. The molecular formula is C15H25ClN4O2. The third kappa shape index (κ3) is 5.44. The van der Waals surface area contributed by atoms with Gasteiger partial charge in [0.1, 0.15) is 5.82 Å². The highest BCUT2D eigenvalue weighted by Crippen LogP contribution is 2.14. The van der Waals surface area contributed by atoms with Gasteiger partial charge in [0.25, 0.3) is 0 Å². The van der Waals surface area contributed by atoms with E-state index in [0.29, 0.717) is 13.0 Å². The minimum atomic E-state index is -0.421. The molecule has 1 unspecified atom stereocenters. The van der Waals surface area contributed by atoms with Gasteiger partial charge in [-0.2, -0.15) is 0 Å². The summed E-state index contributed by atoms with van der Waals surface area (Å²) in [6.07, 6.45) is 3.39. The van der Waals surface area contributed by atoms with E-state index in [-0.39, 0.29) is 18.3 Å². The number of amides is 1. The van der Waals surface area contributed by atoms with Gasteiger partial charge >= 0.3 is 0 Å². The lowest BCUT2D eigenvalue weighted by molar-refractivity contribution is -0.122. The summed E-state index contributed by atoms with van der Waals surface area (Å²) in [6, 6.07) is 3.50. The second kappa shape index (κ2) is 9.61. The molecule has 7 heteroatoms. The number of carbonyl (C=O) groups is 1. The summed E-state index contributed by atoms with van der Waals surface area (Å²) in [4.78, 5) is 18.4. The maximum atomic E-state index is 11.8. The Kier molecular flexibility index (Phi) is 8.16. The van der Waals surface area contributed by atoms with E-state index >= 15 is 0 Å². The first-order valence-electron chi connectivity index (χ1n) is 7.51. The first-order valence-corrected chi connectivity index (χ1v) is 7.51. The first-order chi connectivity index (χ1) is 10.2. The highest BCUT2D eigenvalue weighted by molar-refractivity contribution is 5.85. The summed E-state index contributed by atoms with van der Waals surface area (Å²) in [5, 5.41) is 2.88. The molecule has 22 heavy (non-hydrogen) atoms. The molecular weight excluding hydrogens is 304 g/mol. The molecule has 0 spiro atoms. The fourth-order valence-electron chi connectivity index (χ4n) is 2.30. The number of morpholine rings is 1. The number of anilines is 1. The van der Waals surface area contributed by atoms with Crippen LogP contribution in [0.4, 0.5) is 5.82 Å². The van der Waals surface area contributed by atoms with Gasteiger partial charge in [-0.3, -0.25) is 4.79 Å². The van der Waals surface area contributed by atoms with E-state index in [1.54, 1.807) is 6.20 Å². The molecule has 0 saturated carbocycles. The zero-order chi connectivity index (χ0) is 15.1. The second-order valence-electron chi connectivity index (χ2n) is 5.23. The van der Waals surface area contributed by atoms with Crippen molar-refractivity contribution < 1.29 is 9.53 Å². The molecule has 0 radical (unpaired) electrons. The van der Waals surface area contributed by atoms with Gasteiger partial charge in [0.2, 0.25) is 5.91 Å². The number of pyridine rings is 1. The molecule has 1 saturated heterocycles. The van der Waals surface area contributed by atoms with E-state index in [1.807, 2.05) is 19.1 Å². The highest BCUT2D eigenvalue weighted by atomic mass is 35.5. The fourth-order valence-corrected chi connectivity index (χ4v) is 2.30. The van der Waals surface area contributed by atoms with Crippen LogP contribution in [0.15, 0.2) is 18.3 Å². The van der Waals surface area contributed by atoms with Crippen LogP contribution in [-0.2, 0) is 16.1 Å². The summed E-state index contributed by atoms with van der Waals surface area (Å²) in [6.45, 7) is 5.66.